The molecule has 40 heavy (non-hydrogen) atoms. The number of H-pyrrole nitrogens is 1. The molecule has 204 valence electrons. The van der Waals surface area contributed by atoms with Crippen LogP contribution in [0.2, 0.25) is 0 Å². The molecule has 0 unspecified atom stereocenters. The summed E-state index contributed by atoms with van der Waals surface area (Å²) in [5, 5.41) is 14.3. The third kappa shape index (κ3) is 5.58. The van der Waals surface area contributed by atoms with Gasteiger partial charge in [-0.1, -0.05) is 68.7 Å². The van der Waals surface area contributed by atoms with Gasteiger partial charge < -0.3 is 4.98 Å². The number of tetrazole rings is 1. The molecule has 5 aromatic rings. The highest BCUT2D eigenvalue weighted by Gasteiger charge is 2.33. The molecule has 1 saturated carbocycles. The molecule has 0 amide bonds. The molecule has 1 N–H and O–H groups in total. The van der Waals surface area contributed by atoms with E-state index in [1.807, 2.05) is 47.3 Å². The predicted octanol–water partition coefficient (Wildman–Crippen LogP) is 5.77. The van der Waals surface area contributed by atoms with Crippen molar-refractivity contribution in [2.75, 3.05) is 0 Å². The van der Waals surface area contributed by atoms with E-state index >= 15 is 0 Å². The van der Waals surface area contributed by atoms with Gasteiger partial charge in [-0.25, -0.2) is 4.68 Å². The van der Waals surface area contributed by atoms with Gasteiger partial charge in [0.05, 0.1) is 6.04 Å². The molecule has 0 bridgehead atoms. The molecular weight excluding hydrogens is 498 g/mol. The highest BCUT2D eigenvalue weighted by molar-refractivity contribution is 5.80. The summed E-state index contributed by atoms with van der Waals surface area (Å²) >= 11 is 0. The molecule has 0 aliphatic heterocycles. The average Bonchev–Trinajstić information content (AvgIpc) is 3.48. The fourth-order valence-corrected chi connectivity index (χ4v) is 5.94. The number of rotatable bonds is 9. The summed E-state index contributed by atoms with van der Waals surface area (Å²) in [4.78, 5) is 23.7. The Bertz CT molecular complexity index is 1570. The van der Waals surface area contributed by atoms with Crippen LogP contribution in [0.3, 0.4) is 0 Å². The summed E-state index contributed by atoms with van der Waals surface area (Å²) in [6.45, 7) is 3.34. The molecule has 6 rings (SSSR count). The summed E-state index contributed by atoms with van der Waals surface area (Å²) in [5.74, 6) is 0.711. The Morgan fingerprint density at radius 1 is 0.950 bits per heavy atom. The van der Waals surface area contributed by atoms with Crippen LogP contribution in [-0.2, 0) is 19.5 Å². The molecule has 1 aliphatic carbocycles. The molecule has 0 spiro atoms. The number of hydrogen-bond donors (Lipinski definition) is 1. The first-order chi connectivity index (χ1) is 19.7. The Labute approximate surface area is 234 Å². The van der Waals surface area contributed by atoms with Crippen molar-refractivity contribution < 1.29 is 0 Å². The minimum absolute atomic E-state index is 0.121. The van der Waals surface area contributed by atoms with E-state index in [2.05, 4.69) is 67.6 Å². The highest BCUT2D eigenvalue weighted by atomic mass is 16.1. The predicted molar refractivity (Wildman–Crippen MR) is 156 cm³/mol. The molecule has 1 aliphatic rings. The zero-order valence-corrected chi connectivity index (χ0v) is 22.9. The zero-order chi connectivity index (χ0) is 27.3. The number of benzene rings is 2. The molecule has 1 atom stereocenters. The van der Waals surface area contributed by atoms with Gasteiger partial charge in [-0.2, -0.15) is 0 Å². The number of aromatic amines is 1. The van der Waals surface area contributed by atoms with Crippen LogP contribution in [0.5, 0.6) is 0 Å². The molecular formula is C32H35N7O. The van der Waals surface area contributed by atoms with E-state index in [1.54, 1.807) is 6.20 Å². The Morgan fingerprint density at radius 3 is 2.52 bits per heavy atom. The van der Waals surface area contributed by atoms with Crippen LogP contribution in [-0.4, -0.2) is 35.1 Å². The number of nitrogens with one attached hydrogen (secondary N) is 1. The Hall–Kier alpha value is -4.17. The van der Waals surface area contributed by atoms with Crippen molar-refractivity contribution in [3.63, 3.8) is 0 Å². The third-order valence-corrected chi connectivity index (χ3v) is 8.03. The van der Waals surface area contributed by atoms with E-state index in [4.69, 9.17) is 0 Å². The van der Waals surface area contributed by atoms with Gasteiger partial charge in [0.25, 0.3) is 5.56 Å². The second kappa shape index (κ2) is 11.9. The second-order valence-corrected chi connectivity index (χ2v) is 10.8. The van der Waals surface area contributed by atoms with Crippen molar-refractivity contribution in [1.82, 2.24) is 35.1 Å². The number of aromatic nitrogens is 6. The van der Waals surface area contributed by atoms with Gasteiger partial charge >= 0.3 is 0 Å². The van der Waals surface area contributed by atoms with Crippen LogP contribution in [0.1, 0.15) is 79.2 Å². The van der Waals surface area contributed by atoms with Gasteiger partial charge in [-0.05, 0) is 76.0 Å². The molecule has 3 aromatic heterocycles. The number of hydrogen-bond acceptors (Lipinski definition) is 6. The van der Waals surface area contributed by atoms with E-state index in [-0.39, 0.29) is 11.6 Å². The summed E-state index contributed by atoms with van der Waals surface area (Å²) in [6.07, 6.45) is 10.2. The zero-order valence-electron chi connectivity index (χ0n) is 22.9. The fraction of sp³-hybridized carbons (Fsp3) is 0.344. The maximum Gasteiger partial charge on any atom is 0.253 e. The summed E-state index contributed by atoms with van der Waals surface area (Å²) in [5.41, 5.74) is 4.80. The molecule has 0 radical (unpaired) electrons. The lowest BCUT2D eigenvalue weighted by molar-refractivity contribution is 0.186. The van der Waals surface area contributed by atoms with E-state index in [1.165, 1.54) is 12.0 Å². The van der Waals surface area contributed by atoms with Gasteiger partial charge in [0.1, 0.15) is 6.04 Å². The standard InChI is InChI=1S/C32H35N7O/c1-2-23-15-16-29-26(18-23)19-28(32(40)34-29)30(31-35-36-37-39(31)27-13-7-4-8-14-27)38(21-24-10-5-3-6-11-24)22-25-12-9-17-33-20-25/h3,5-6,9-12,15-20,27,30H,2,4,7-8,13-14,21-22H2,1H3,(H,34,40)/t30-/m0/s1. The van der Waals surface area contributed by atoms with Gasteiger partial charge in [-0.3, -0.25) is 14.7 Å². The average molecular weight is 534 g/mol. The van der Waals surface area contributed by atoms with Crippen molar-refractivity contribution in [2.45, 2.75) is 70.6 Å². The number of fused-ring (bicyclic) bond motifs is 1. The number of pyridine rings is 2. The van der Waals surface area contributed by atoms with Crippen LogP contribution in [0.4, 0.5) is 0 Å². The van der Waals surface area contributed by atoms with Crippen LogP contribution in [0.15, 0.2) is 83.9 Å². The van der Waals surface area contributed by atoms with Crippen LogP contribution < -0.4 is 5.56 Å². The van der Waals surface area contributed by atoms with Gasteiger partial charge in [0.2, 0.25) is 0 Å². The SMILES string of the molecule is CCc1ccc2[nH]c(=O)c([C@@H](c3nnnn3C3CCCCC3)N(Cc3ccccc3)Cc3cccnc3)cc2c1. The van der Waals surface area contributed by atoms with Crippen molar-refractivity contribution in [1.29, 1.82) is 0 Å². The normalized spacial score (nSPS) is 15.1. The minimum atomic E-state index is -0.462. The molecule has 1 fully saturated rings. The number of nitrogens with zero attached hydrogens (tertiary/aromatic N) is 6. The molecule has 3 heterocycles. The lowest BCUT2D eigenvalue weighted by Crippen LogP contribution is -2.35. The largest absolute Gasteiger partial charge is 0.322 e. The van der Waals surface area contributed by atoms with Crippen molar-refractivity contribution in [3.8, 4) is 0 Å². The van der Waals surface area contributed by atoms with Crippen LogP contribution >= 0.6 is 0 Å². The van der Waals surface area contributed by atoms with Gasteiger partial charge in [-0.15, -0.1) is 5.10 Å². The molecule has 8 nitrogen and oxygen atoms in total. The fourth-order valence-electron chi connectivity index (χ4n) is 5.94. The van der Waals surface area contributed by atoms with E-state index in [0.29, 0.717) is 24.5 Å². The maximum absolute atomic E-state index is 13.8. The monoisotopic (exact) mass is 533 g/mol. The maximum atomic E-state index is 13.8. The second-order valence-electron chi connectivity index (χ2n) is 10.8. The smallest absolute Gasteiger partial charge is 0.253 e. The lowest BCUT2D eigenvalue weighted by atomic mass is 9.95. The van der Waals surface area contributed by atoms with Crippen molar-refractivity contribution >= 4 is 10.9 Å². The van der Waals surface area contributed by atoms with Crippen molar-refractivity contribution in [3.05, 3.63) is 118 Å². The van der Waals surface area contributed by atoms with Crippen molar-refractivity contribution in [2.24, 2.45) is 0 Å². The van der Waals surface area contributed by atoms with E-state index in [0.717, 1.165) is 54.1 Å². The van der Waals surface area contributed by atoms with Crippen LogP contribution in [0.25, 0.3) is 10.9 Å². The van der Waals surface area contributed by atoms with Gasteiger partial charge in [0.15, 0.2) is 5.82 Å². The minimum Gasteiger partial charge on any atom is -0.322 e. The summed E-state index contributed by atoms with van der Waals surface area (Å²) in [7, 11) is 0. The first-order valence-electron chi connectivity index (χ1n) is 14.3. The quantitative estimate of drug-likeness (QED) is 0.259. The lowest BCUT2D eigenvalue weighted by Gasteiger charge is -2.32. The number of aryl methyl sites for hydroxylation is 1. The third-order valence-electron chi connectivity index (χ3n) is 8.03. The Kier molecular flexibility index (Phi) is 7.77. The topological polar surface area (TPSA) is 92.6 Å². The van der Waals surface area contributed by atoms with E-state index < -0.39 is 6.04 Å². The van der Waals surface area contributed by atoms with E-state index in [9.17, 15) is 4.79 Å². The first kappa shape index (κ1) is 26.1. The highest BCUT2D eigenvalue weighted by Crippen LogP contribution is 2.34. The molecule has 8 heteroatoms. The molecule has 0 saturated heterocycles. The van der Waals surface area contributed by atoms with Gasteiger partial charge in [0, 0.05) is 36.6 Å². The molecule has 2 aromatic carbocycles. The Morgan fingerprint density at radius 2 is 1.75 bits per heavy atom. The Balaban J connectivity index is 1.53. The summed E-state index contributed by atoms with van der Waals surface area (Å²) in [6, 6.07) is 22.4. The summed E-state index contributed by atoms with van der Waals surface area (Å²) < 4.78 is 2.00. The first-order valence-corrected chi connectivity index (χ1v) is 14.3. The van der Waals surface area contributed by atoms with Crippen LogP contribution in [0, 0.1) is 0 Å².